The summed E-state index contributed by atoms with van der Waals surface area (Å²) in [6.45, 7) is 1.70. The summed E-state index contributed by atoms with van der Waals surface area (Å²) in [6, 6.07) is 7.95. The van der Waals surface area contributed by atoms with Crippen LogP contribution in [0.5, 0.6) is 0 Å². The molecule has 0 saturated heterocycles. The molecule has 0 saturated carbocycles. The van der Waals surface area contributed by atoms with Crippen LogP contribution in [0.4, 0.5) is 10.3 Å². The molecule has 158 valence electrons. The van der Waals surface area contributed by atoms with Crippen LogP contribution in [-0.4, -0.2) is 49.2 Å². The van der Waals surface area contributed by atoms with Gasteiger partial charge in [-0.1, -0.05) is 29.5 Å². The number of carbonyl (C=O) groups is 2. The van der Waals surface area contributed by atoms with Crippen molar-refractivity contribution < 1.29 is 18.0 Å². The van der Waals surface area contributed by atoms with Gasteiger partial charge in [-0.05, 0) is 19.1 Å². The molecular formula is C18H19N5O4S3. The van der Waals surface area contributed by atoms with Crippen molar-refractivity contribution in [1.29, 1.82) is 0 Å². The van der Waals surface area contributed by atoms with Gasteiger partial charge in [-0.25, -0.2) is 18.4 Å². The molecule has 0 aliphatic carbocycles. The summed E-state index contributed by atoms with van der Waals surface area (Å²) in [7, 11) is -0.452. The largest absolute Gasteiger partial charge is 0.344 e. The normalized spacial score (nSPS) is 11.2. The highest BCUT2D eigenvalue weighted by molar-refractivity contribution is 7.93. The van der Waals surface area contributed by atoms with E-state index >= 15 is 0 Å². The Balaban J connectivity index is 1.63. The molecule has 0 atom stereocenters. The number of aryl methyl sites for hydroxylation is 1. The molecule has 30 heavy (non-hydrogen) atoms. The van der Waals surface area contributed by atoms with E-state index in [9.17, 15) is 18.0 Å². The SMILES string of the molecule is Cc1nc(NC(=O)Cc2csc(NS(=O)(=O)c3ccccc3)n2)sc1C(=O)N(C)C. The Labute approximate surface area is 181 Å². The molecule has 0 bridgehead atoms. The number of rotatable bonds is 7. The van der Waals surface area contributed by atoms with Crippen LogP contribution in [0.1, 0.15) is 21.1 Å². The molecule has 0 unspecified atom stereocenters. The minimum atomic E-state index is -3.74. The third-order valence-electron chi connectivity index (χ3n) is 3.81. The first kappa shape index (κ1) is 21.9. The van der Waals surface area contributed by atoms with Gasteiger partial charge in [0.1, 0.15) is 4.88 Å². The van der Waals surface area contributed by atoms with Gasteiger partial charge in [-0.3, -0.25) is 14.3 Å². The van der Waals surface area contributed by atoms with Crippen LogP contribution in [0.2, 0.25) is 0 Å². The Morgan fingerprint density at radius 3 is 2.47 bits per heavy atom. The Morgan fingerprint density at radius 1 is 1.10 bits per heavy atom. The van der Waals surface area contributed by atoms with Crippen molar-refractivity contribution in [2.75, 3.05) is 24.1 Å². The fraction of sp³-hybridized carbons (Fsp3) is 0.222. The van der Waals surface area contributed by atoms with Gasteiger partial charge in [0.2, 0.25) is 5.91 Å². The van der Waals surface area contributed by atoms with Crippen molar-refractivity contribution in [3.63, 3.8) is 0 Å². The maximum absolute atomic E-state index is 12.3. The van der Waals surface area contributed by atoms with Crippen molar-refractivity contribution in [3.8, 4) is 0 Å². The highest BCUT2D eigenvalue weighted by Gasteiger charge is 2.19. The fourth-order valence-corrected chi connectivity index (χ4v) is 5.38. The van der Waals surface area contributed by atoms with Gasteiger partial charge in [0, 0.05) is 19.5 Å². The molecular weight excluding hydrogens is 446 g/mol. The van der Waals surface area contributed by atoms with Gasteiger partial charge < -0.3 is 10.2 Å². The van der Waals surface area contributed by atoms with Crippen LogP contribution in [0.15, 0.2) is 40.6 Å². The van der Waals surface area contributed by atoms with Gasteiger partial charge in [0.05, 0.1) is 22.7 Å². The Bertz CT molecular complexity index is 1170. The minimum Gasteiger partial charge on any atom is -0.344 e. The van der Waals surface area contributed by atoms with Crippen LogP contribution in [-0.2, 0) is 21.2 Å². The fourth-order valence-electron chi connectivity index (χ4n) is 2.39. The van der Waals surface area contributed by atoms with Crippen LogP contribution in [0.3, 0.4) is 0 Å². The molecule has 1 aromatic carbocycles. The predicted molar refractivity (Wildman–Crippen MR) is 117 cm³/mol. The maximum Gasteiger partial charge on any atom is 0.265 e. The molecule has 12 heteroatoms. The van der Waals surface area contributed by atoms with Gasteiger partial charge in [-0.2, -0.15) is 0 Å². The molecule has 0 fully saturated rings. The third kappa shape index (κ3) is 5.20. The topological polar surface area (TPSA) is 121 Å². The first-order valence-corrected chi connectivity index (χ1v) is 11.8. The number of sulfonamides is 1. The van der Waals surface area contributed by atoms with E-state index < -0.39 is 10.0 Å². The van der Waals surface area contributed by atoms with E-state index in [1.54, 1.807) is 44.6 Å². The molecule has 2 amide bonds. The second kappa shape index (κ2) is 8.90. The lowest BCUT2D eigenvalue weighted by molar-refractivity contribution is -0.115. The van der Waals surface area contributed by atoms with Gasteiger partial charge in [-0.15, -0.1) is 11.3 Å². The Hall–Kier alpha value is -2.83. The number of benzene rings is 1. The van der Waals surface area contributed by atoms with Crippen LogP contribution >= 0.6 is 22.7 Å². The van der Waals surface area contributed by atoms with Crippen molar-refractivity contribution in [3.05, 3.63) is 52.0 Å². The average molecular weight is 466 g/mol. The first-order chi connectivity index (χ1) is 14.2. The molecule has 3 aromatic rings. The number of anilines is 2. The third-order valence-corrected chi connectivity index (χ3v) is 7.16. The summed E-state index contributed by atoms with van der Waals surface area (Å²) in [4.78, 5) is 34.8. The predicted octanol–water partition coefficient (Wildman–Crippen LogP) is 2.59. The van der Waals surface area contributed by atoms with Crippen molar-refractivity contribution in [2.24, 2.45) is 0 Å². The quantitative estimate of drug-likeness (QED) is 0.553. The smallest absolute Gasteiger partial charge is 0.265 e. The number of carbonyl (C=O) groups excluding carboxylic acids is 2. The van der Waals surface area contributed by atoms with E-state index in [1.807, 2.05) is 0 Å². The number of nitrogens with one attached hydrogen (secondary N) is 2. The molecule has 2 N–H and O–H groups in total. The van der Waals surface area contributed by atoms with Crippen molar-refractivity contribution in [1.82, 2.24) is 14.9 Å². The Kier molecular flexibility index (Phi) is 6.48. The summed E-state index contributed by atoms with van der Waals surface area (Å²) in [5.74, 6) is -0.546. The second-order valence-corrected chi connectivity index (χ2v) is 9.96. The molecule has 9 nitrogen and oxygen atoms in total. The zero-order valence-electron chi connectivity index (χ0n) is 16.4. The summed E-state index contributed by atoms with van der Waals surface area (Å²) >= 11 is 2.19. The van der Waals surface area contributed by atoms with Gasteiger partial charge in [0.15, 0.2) is 10.3 Å². The van der Waals surface area contributed by atoms with E-state index in [1.165, 1.54) is 17.0 Å². The number of aromatic nitrogens is 2. The van der Waals surface area contributed by atoms with E-state index in [0.717, 1.165) is 22.7 Å². The van der Waals surface area contributed by atoms with Crippen LogP contribution in [0, 0.1) is 6.92 Å². The van der Waals surface area contributed by atoms with E-state index in [0.29, 0.717) is 21.4 Å². The lowest BCUT2D eigenvalue weighted by Crippen LogP contribution is -2.21. The number of hydrogen-bond donors (Lipinski definition) is 2. The number of hydrogen-bond acceptors (Lipinski definition) is 8. The summed E-state index contributed by atoms with van der Waals surface area (Å²) < 4.78 is 27.1. The molecule has 0 aliphatic rings. The summed E-state index contributed by atoms with van der Waals surface area (Å²) in [6.07, 6.45) is -0.0564. The molecule has 0 radical (unpaired) electrons. The first-order valence-electron chi connectivity index (χ1n) is 8.67. The zero-order chi connectivity index (χ0) is 21.9. The highest BCUT2D eigenvalue weighted by Crippen LogP contribution is 2.24. The number of thiazole rings is 2. The molecule has 2 aromatic heterocycles. The van der Waals surface area contributed by atoms with Crippen LogP contribution < -0.4 is 10.0 Å². The summed E-state index contributed by atoms with van der Waals surface area (Å²) in [5, 5.41) is 4.75. The second-order valence-electron chi connectivity index (χ2n) is 6.42. The highest BCUT2D eigenvalue weighted by atomic mass is 32.2. The molecule has 0 spiro atoms. The van der Waals surface area contributed by atoms with E-state index in [4.69, 9.17) is 0 Å². The van der Waals surface area contributed by atoms with Crippen molar-refractivity contribution in [2.45, 2.75) is 18.2 Å². The maximum atomic E-state index is 12.3. The molecule has 3 rings (SSSR count). The minimum absolute atomic E-state index is 0.0564. The zero-order valence-corrected chi connectivity index (χ0v) is 18.8. The average Bonchev–Trinajstić information content (AvgIpc) is 3.27. The number of amides is 2. The molecule has 0 aliphatic heterocycles. The monoisotopic (exact) mass is 465 g/mol. The van der Waals surface area contributed by atoms with Crippen molar-refractivity contribution >= 4 is 54.8 Å². The van der Waals surface area contributed by atoms with E-state index in [-0.39, 0.29) is 28.3 Å². The lowest BCUT2D eigenvalue weighted by Gasteiger charge is -2.07. The lowest BCUT2D eigenvalue weighted by atomic mass is 10.3. The summed E-state index contributed by atoms with van der Waals surface area (Å²) in [5.41, 5.74) is 0.960. The van der Waals surface area contributed by atoms with Gasteiger partial charge in [0.25, 0.3) is 15.9 Å². The van der Waals surface area contributed by atoms with E-state index in [2.05, 4.69) is 20.0 Å². The molecule has 2 heterocycles. The van der Waals surface area contributed by atoms with Gasteiger partial charge >= 0.3 is 0 Å². The Morgan fingerprint density at radius 2 is 1.80 bits per heavy atom. The number of nitrogens with zero attached hydrogens (tertiary/aromatic N) is 3. The van der Waals surface area contributed by atoms with Crippen LogP contribution in [0.25, 0.3) is 0 Å². The standard InChI is InChI=1S/C18H19N5O4S3/c1-11-15(16(25)23(2)3)29-17(19-11)21-14(24)9-12-10-28-18(20-12)22-30(26,27)13-7-5-4-6-8-13/h4-8,10H,9H2,1-3H3,(H,20,22)(H,19,21,24).